The first-order valence-electron chi connectivity index (χ1n) is 5.68. The minimum atomic E-state index is -3.36. The number of hydrogen-bond donors (Lipinski definition) is 2. The van der Waals surface area contributed by atoms with Crippen LogP contribution in [-0.4, -0.2) is 13.4 Å². The highest BCUT2D eigenvalue weighted by Gasteiger charge is 2.12. The molecule has 1 aromatic carbocycles. The molecular formula is C12H15N3O2S2. The quantitative estimate of drug-likeness (QED) is 0.822. The van der Waals surface area contributed by atoms with Crippen LogP contribution in [0.15, 0.2) is 30.5 Å². The lowest BCUT2D eigenvalue weighted by molar-refractivity contribution is 0.580. The van der Waals surface area contributed by atoms with Gasteiger partial charge in [0, 0.05) is 16.8 Å². The molecule has 3 N–H and O–H groups in total. The summed E-state index contributed by atoms with van der Waals surface area (Å²) >= 11 is 1.48. The zero-order valence-electron chi connectivity index (χ0n) is 10.5. The first kappa shape index (κ1) is 14.0. The van der Waals surface area contributed by atoms with Gasteiger partial charge in [0.2, 0.25) is 10.0 Å². The van der Waals surface area contributed by atoms with Crippen LogP contribution in [0.25, 0.3) is 0 Å². The number of sulfonamides is 1. The monoisotopic (exact) mass is 297 g/mol. The van der Waals surface area contributed by atoms with Gasteiger partial charge >= 0.3 is 0 Å². The Morgan fingerprint density at radius 1 is 1.32 bits per heavy atom. The standard InChI is InChI=1S/C12H15N3O2S2/c1-9-6-14-12(18-9)7-15-19(16,17)8-10-2-4-11(13)5-3-10/h2-6,15H,7-8,13H2,1H3. The maximum atomic E-state index is 11.9. The van der Waals surface area contributed by atoms with E-state index in [1.807, 2.05) is 6.92 Å². The maximum absolute atomic E-state index is 11.9. The molecule has 0 aliphatic carbocycles. The van der Waals surface area contributed by atoms with E-state index in [2.05, 4.69) is 9.71 Å². The van der Waals surface area contributed by atoms with Crippen molar-refractivity contribution < 1.29 is 8.42 Å². The molecule has 0 aliphatic heterocycles. The van der Waals surface area contributed by atoms with E-state index in [1.165, 1.54) is 11.3 Å². The fourth-order valence-electron chi connectivity index (χ4n) is 1.54. The van der Waals surface area contributed by atoms with E-state index >= 15 is 0 Å². The summed E-state index contributed by atoms with van der Waals surface area (Å²) in [6.07, 6.45) is 1.73. The Bertz CT molecular complexity index is 648. The van der Waals surface area contributed by atoms with Gasteiger partial charge in [-0.15, -0.1) is 11.3 Å². The molecular weight excluding hydrogens is 282 g/mol. The van der Waals surface area contributed by atoms with Crippen molar-refractivity contribution in [2.24, 2.45) is 0 Å². The highest BCUT2D eigenvalue weighted by atomic mass is 32.2. The third kappa shape index (κ3) is 4.30. The van der Waals surface area contributed by atoms with Crippen molar-refractivity contribution in [3.05, 3.63) is 45.9 Å². The molecule has 0 saturated heterocycles. The Morgan fingerprint density at radius 2 is 2.00 bits per heavy atom. The van der Waals surface area contributed by atoms with Crippen LogP contribution >= 0.6 is 11.3 Å². The summed E-state index contributed by atoms with van der Waals surface area (Å²) in [6, 6.07) is 6.80. The Hall–Kier alpha value is -1.44. The van der Waals surface area contributed by atoms with E-state index < -0.39 is 10.0 Å². The van der Waals surface area contributed by atoms with Crippen LogP contribution in [0.3, 0.4) is 0 Å². The van der Waals surface area contributed by atoms with Crippen molar-refractivity contribution in [1.82, 2.24) is 9.71 Å². The molecule has 0 unspecified atom stereocenters. The molecule has 19 heavy (non-hydrogen) atoms. The van der Waals surface area contributed by atoms with Gasteiger partial charge in [0.05, 0.1) is 12.3 Å². The van der Waals surface area contributed by atoms with E-state index in [4.69, 9.17) is 5.73 Å². The summed E-state index contributed by atoms with van der Waals surface area (Å²) in [6.45, 7) is 2.17. The van der Waals surface area contributed by atoms with Gasteiger partial charge in [0.15, 0.2) is 0 Å². The summed E-state index contributed by atoms with van der Waals surface area (Å²) in [5.74, 6) is -0.0579. The summed E-state index contributed by atoms with van der Waals surface area (Å²) in [5.41, 5.74) is 6.88. The number of rotatable bonds is 5. The number of nitrogen functional groups attached to an aromatic ring is 1. The summed E-state index contributed by atoms with van der Waals surface area (Å²) in [5, 5.41) is 0.762. The van der Waals surface area contributed by atoms with Gasteiger partial charge in [-0.25, -0.2) is 18.1 Å². The highest BCUT2D eigenvalue weighted by Crippen LogP contribution is 2.12. The number of anilines is 1. The van der Waals surface area contributed by atoms with Crippen LogP contribution < -0.4 is 10.5 Å². The number of nitrogens with two attached hydrogens (primary N) is 1. The zero-order valence-corrected chi connectivity index (χ0v) is 12.1. The topological polar surface area (TPSA) is 85.1 Å². The lowest BCUT2D eigenvalue weighted by Crippen LogP contribution is -2.24. The summed E-state index contributed by atoms with van der Waals surface area (Å²) < 4.78 is 26.3. The van der Waals surface area contributed by atoms with Crippen LogP contribution in [0, 0.1) is 6.92 Å². The predicted octanol–water partition coefficient (Wildman–Crippen LogP) is 1.65. The van der Waals surface area contributed by atoms with Crippen molar-refractivity contribution in [3.63, 3.8) is 0 Å². The minimum absolute atomic E-state index is 0.0579. The summed E-state index contributed by atoms with van der Waals surface area (Å²) in [7, 11) is -3.36. The molecule has 1 aromatic heterocycles. The van der Waals surface area contributed by atoms with Crippen molar-refractivity contribution in [3.8, 4) is 0 Å². The molecule has 0 saturated carbocycles. The SMILES string of the molecule is Cc1cnc(CNS(=O)(=O)Cc2ccc(N)cc2)s1. The van der Waals surface area contributed by atoms with E-state index in [9.17, 15) is 8.42 Å². The van der Waals surface area contributed by atoms with Crippen molar-refractivity contribution in [1.29, 1.82) is 0 Å². The molecule has 5 nitrogen and oxygen atoms in total. The number of aromatic nitrogens is 1. The molecule has 2 aromatic rings. The number of thiazole rings is 1. The van der Waals surface area contributed by atoms with E-state index in [-0.39, 0.29) is 12.3 Å². The predicted molar refractivity (Wildman–Crippen MR) is 77.2 cm³/mol. The normalized spacial score (nSPS) is 11.6. The van der Waals surface area contributed by atoms with Gasteiger partial charge in [-0.3, -0.25) is 0 Å². The molecule has 0 spiro atoms. The third-order valence-corrected chi connectivity index (χ3v) is 4.66. The second-order valence-electron chi connectivity index (χ2n) is 4.19. The fraction of sp³-hybridized carbons (Fsp3) is 0.250. The number of aryl methyl sites for hydroxylation is 1. The van der Waals surface area contributed by atoms with Crippen molar-refractivity contribution in [2.75, 3.05) is 5.73 Å². The fourth-order valence-corrected chi connectivity index (χ4v) is 3.45. The molecule has 2 rings (SSSR count). The van der Waals surface area contributed by atoms with E-state index in [0.717, 1.165) is 9.88 Å². The van der Waals surface area contributed by atoms with Crippen LogP contribution in [0.4, 0.5) is 5.69 Å². The second kappa shape index (κ2) is 5.68. The highest BCUT2D eigenvalue weighted by molar-refractivity contribution is 7.88. The number of benzene rings is 1. The largest absolute Gasteiger partial charge is 0.399 e. The van der Waals surface area contributed by atoms with Gasteiger partial charge in [0.1, 0.15) is 5.01 Å². The average molecular weight is 297 g/mol. The minimum Gasteiger partial charge on any atom is -0.399 e. The van der Waals surface area contributed by atoms with E-state index in [0.29, 0.717) is 11.3 Å². The molecule has 0 radical (unpaired) electrons. The summed E-state index contributed by atoms with van der Waals surface area (Å²) in [4.78, 5) is 5.18. The van der Waals surface area contributed by atoms with Gasteiger partial charge in [-0.1, -0.05) is 12.1 Å². The van der Waals surface area contributed by atoms with Crippen LogP contribution in [0.2, 0.25) is 0 Å². The molecule has 0 fully saturated rings. The average Bonchev–Trinajstić information content (AvgIpc) is 2.76. The molecule has 0 aliphatic rings. The molecule has 1 heterocycles. The van der Waals surface area contributed by atoms with Crippen LogP contribution in [0.1, 0.15) is 15.4 Å². The molecule has 102 valence electrons. The van der Waals surface area contributed by atoms with Gasteiger partial charge in [-0.05, 0) is 24.6 Å². The van der Waals surface area contributed by atoms with E-state index in [1.54, 1.807) is 30.5 Å². The van der Waals surface area contributed by atoms with Crippen molar-refractivity contribution >= 4 is 27.0 Å². The maximum Gasteiger partial charge on any atom is 0.216 e. The molecule has 0 bridgehead atoms. The molecule has 7 heteroatoms. The number of nitrogens with zero attached hydrogens (tertiary/aromatic N) is 1. The molecule has 0 amide bonds. The lowest BCUT2D eigenvalue weighted by atomic mass is 10.2. The first-order chi connectivity index (χ1) is 8.94. The van der Waals surface area contributed by atoms with Crippen LogP contribution in [-0.2, 0) is 22.3 Å². The Labute approximate surface area is 116 Å². The molecule has 0 atom stereocenters. The number of hydrogen-bond acceptors (Lipinski definition) is 5. The first-order valence-corrected chi connectivity index (χ1v) is 8.14. The Kier molecular flexibility index (Phi) is 4.18. The smallest absolute Gasteiger partial charge is 0.216 e. The third-order valence-electron chi connectivity index (χ3n) is 2.45. The zero-order chi connectivity index (χ0) is 13.9. The van der Waals surface area contributed by atoms with Crippen LogP contribution in [0.5, 0.6) is 0 Å². The van der Waals surface area contributed by atoms with Gasteiger partial charge in [-0.2, -0.15) is 0 Å². The van der Waals surface area contributed by atoms with Crippen molar-refractivity contribution in [2.45, 2.75) is 19.2 Å². The Morgan fingerprint density at radius 3 is 2.58 bits per heavy atom. The van der Waals surface area contributed by atoms with Gasteiger partial charge < -0.3 is 5.73 Å². The lowest BCUT2D eigenvalue weighted by Gasteiger charge is -2.05. The van der Waals surface area contributed by atoms with Gasteiger partial charge in [0.25, 0.3) is 0 Å². The number of nitrogens with one attached hydrogen (secondary N) is 1. The Balaban J connectivity index is 1.97. The second-order valence-corrected chi connectivity index (χ2v) is 7.31.